The minimum absolute atomic E-state index is 0.0354. The lowest BCUT2D eigenvalue weighted by Gasteiger charge is -2.08. The quantitative estimate of drug-likeness (QED) is 0.526. The van der Waals surface area contributed by atoms with Crippen molar-refractivity contribution >= 4 is 28.8 Å². The van der Waals surface area contributed by atoms with Crippen molar-refractivity contribution in [3.8, 4) is 0 Å². The van der Waals surface area contributed by atoms with Crippen molar-refractivity contribution in [1.82, 2.24) is 14.9 Å². The largest absolute Gasteiger partial charge is 0.456 e. The van der Waals surface area contributed by atoms with Gasteiger partial charge in [-0.1, -0.05) is 12.1 Å². The van der Waals surface area contributed by atoms with E-state index in [4.69, 9.17) is 4.74 Å². The Bertz CT molecular complexity index is 1120. The van der Waals surface area contributed by atoms with Gasteiger partial charge in [-0.05, 0) is 37.3 Å². The molecule has 27 heavy (non-hydrogen) atoms. The molecule has 3 aromatic rings. The van der Waals surface area contributed by atoms with Crippen molar-refractivity contribution < 1.29 is 19.1 Å². The number of amides is 2. The summed E-state index contributed by atoms with van der Waals surface area (Å²) in [7, 11) is 1.41. The molecule has 134 valence electrons. The Labute approximate surface area is 154 Å². The predicted molar refractivity (Wildman–Crippen MR) is 96.3 cm³/mol. The number of ether oxygens (including phenoxy) is 1. The number of hydrogen-bond acceptors (Lipinski definition) is 6. The molecule has 0 atom stereocenters. The van der Waals surface area contributed by atoms with Gasteiger partial charge in [-0.25, -0.2) is 14.8 Å². The van der Waals surface area contributed by atoms with Gasteiger partial charge in [0.1, 0.15) is 6.61 Å². The monoisotopic (exact) mass is 361 g/mol. The Morgan fingerprint density at radius 2 is 1.67 bits per heavy atom. The van der Waals surface area contributed by atoms with E-state index in [1.165, 1.54) is 25.2 Å². The smallest absolute Gasteiger partial charge is 0.338 e. The van der Waals surface area contributed by atoms with Crippen LogP contribution in [0.1, 0.15) is 42.5 Å². The highest BCUT2D eigenvalue weighted by Crippen LogP contribution is 2.23. The Balaban J connectivity index is 1.55. The maximum absolute atomic E-state index is 12.4. The molecule has 0 fully saturated rings. The first-order chi connectivity index (χ1) is 13.0. The highest BCUT2D eigenvalue weighted by molar-refractivity contribution is 6.21. The zero-order chi connectivity index (χ0) is 19.1. The minimum Gasteiger partial charge on any atom is -0.456 e. The number of carbonyl (C=O) groups is 3. The molecule has 2 heterocycles. The van der Waals surface area contributed by atoms with E-state index in [0.717, 1.165) is 15.9 Å². The van der Waals surface area contributed by atoms with E-state index in [9.17, 15) is 14.4 Å². The van der Waals surface area contributed by atoms with Crippen LogP contribution in [0, 0.1) is 6.92 Å². The average molecular weight is 361 g/mol. The molecule has 7 heteroatoms. The number of carbonyl (C=O) groups excluding carboxylic acids is 3. The molecule has 0 N–H and O–H groups in total. The minimum atomic E-state index is -0.595. The highest BCUT2D eigenvalue weighted by atomic mass is 16.5. The number of imide groups is 1. The van der Waals surface area contributed by atoms with Gasteiger partial charge in [0.05, 0.1) is 39.1 Å². The van der Waals surface area contributed by atoms with Gasteiger partial charge in [-0.15, -0.1) is 0 Å². The number of benzene rings is 2. The maximum Gasteiger partial charge on any atom is 0.338 e. The summed E-state index contributed by atoms with van der Waals surface area (Å²) < 4.78 is 5.34. The van der Waals surface area contributed by atoms with Gasteiger partial charge in [0.15, 0.2) is 0 Å². The molecule has 2 aromatic carbocycles. The standard InChI is InChI=1S/C20H15N3O4/c1-11-17(22-16-6-4-3-5-15(16)21-11)10-27-20(26)12-7-8-13-14(9-12)19(25)23(2)18(13)24/h3-9H,10H2,1-2H3. The van der Waals surface area contributed by atoms with Crippen LogP contribution in [0.2, 0.25) is 0 Å². The zero-order valence-corrected chi connectivity index (χ0v) is 14.7. The van der Waals surface area contributed by atoms with Gasteiger partial charge in [0.25, 0.3) is 11.8 Å². The number of nitrogens with zero attached hydrogens (tertiary/aromatic N) is 3. The number of rotatable bonds is 3. The van der Waals surface area contributed by atoms with Crippen molar-refractivity contribution in [2.45, 2.75) is 13.5 Å². The summed E-state index contributed by atoms with van der Waals surface area (Å²) in [6, 6.07) is 11.8. The van der Waals surface area contributed by atoms with E-state index in [-0.39, 0.29) is 29.2 Å². The summed E-state index contributed by atoms with van der Waals surface area (Å²) in [4.78, 5) is 46.3. The summed E-state index contributed by atoms with van der Waals surface area (Å²) in [6.07, 6.45) is 0. The Morgan fingerprint density at radius 1 is 1.00 bits per heavy atom. The third-order valence-electron chi connectivity index (χ3n) is 4.51. The van der Waals surface area contributed by atoms with Crippen LogP contribution in [-0.4, -0.2) is 39.7 Å². The topological polar surface area (TPSA) is 89.5 Å². The van der Waals surface area contributed by atoms with Gasteiger partial charge in [-0.3, -0.25) is 14.5 Å². The number of fused-ring (bicyclic) bond motifs is 2. The summed E-state index contributed by atoms with van der Waals surface area (Å²) >= 11 is 0. The average Bonchev–Trinajstić information content (AvgIpc) is 2.90. The molecule has 0 unspecified atom stereocenters. The summed E-state index contributed by atoms with van der Waals surface area (Å²) in [5.74, 6) is -1.40. The second-order valence-electron chi connectivity index (χ2n) is 6.25. The molecule has 0 bridgehead atoms. The fourth-order valence-electron chi connectivity index (χ4n) is 2.97. The maximum atomic E-state index is 12.4. The SMILES string of the molecule is Cc1nc2ccccc2nc1COC(=O)c1ccc2c(c1)C(=O)N(C)C2=O. The van der Waals surface area contributed by atoms with Gasteiger partial charge in [0.2, 0.25) is 0 Å². The summed E-state index contributed by atoms with van der Waals surface area (Å²) in [6.45, 7) is 1.77. The molecule has 2 amide bonds. The lowest BCUT2D eigenvalue weighted by atomic mass is 10.1. The van der Waals surface area contributed by atoms with Gasteiger partial charge >= 0.3 is 5.97 Å². The van der Waals surface area contributed by atoms with Crippen molar-refractivity contribution in [2.75, 3.05) is 7.05 Å². The molecule has 7 nitrogen and oxygen atoms in total. The number of aromatic nitrogens is 2. The van der Waals surface area contributed by atoms with E-state index in [2.05, 4.69) is 9.97 Å². The van der Waals surface area contributed by atoms with Gasteiger partial charge in [0, 0.05) is 7.05 Å². The fourth-order valence-corrected chi connectivity index (χ4v) is 2.97. The third kappa shape index (κ3) is 2.83. The lowest BCUT2D eigenvalue weighted by Crippen LogP contribution is -2.24. The normalized spacial score (nSPS) is 13.2. The van der Waals surface area contributed by atoms with E-state index in [1.807, 2.05) is 24.3 Å². The van der Waals surface area contributed by atoms with Gasteiger partial charge in [-0.2, -0.15) is 0 Å². The van der Waals surface area contributed by atoms with E-state index in [0.29, 0.717) is 11.4 Å². The molecule has 0 saturated carbocycles. The second kappa shape index (κ2) is 6.28. The lowest BCUT2D eigenvalue weighted by molar-refractivity contribution is 0.0466. The highest BCUT2D eigenvalue weighted by Gasteiger charge is 2.33. The Morgan fingerprint density at radius 3 is 2.41 bits per heavy atom. The van der Waals surface area contributed by atoms with Crippen LogP contribution >= 0.6 is 0 Å². The number of aryl methyl sites for hydroxylation is 1. The van der Waals surface area contributed by atoms with E-state index < -0.39 is 11.9 Å². The first-order valence-corrected chi connectivity index (χ1v) is 8.31. The van der Waals surface area contributed by atoms with Crippen LogP contribution in [0.4, 0.5) is 0 Å². The van der Waals surface area contributed by atoms with Crippen molar-refractivity contribution in [3.05, 3.63) is 70.5 Å². The first kappa shape index (κ1) is 16.8. The van der Waals surface area contributed by atoms with Crippen LogP contribution in [0.5, 0.6) is 0 Å². The van der Waals surface area contributed by atoms with Crippen LogP contribution in [0.15, 0.2) is 42.5 Å². The molecule has 1 aliphatic heterocycles. The number of para-hydroxylation sites is 2. The van der Waals surface area contributed by atoms with E-state index >= 15 is 0 Å². The van der Waals surface area contributed by atoms with Crippen molar-refractivity contribution in [3.63, 3.8) is 0 Å². The van der Waals surface area contributed by atoms with Crippen LogP contribution in [0.3, 0.4) is 0 Å². The molecule has 1 aliphatic rings. The Kier molecular flexibility index (Phi) is 3.92. The predicted octanol–water partition coefficient (Wildman–Crippen LogP) is 2.52. The number of esters is 1. The van der Waals surface area contributed by atoms with Crippen LogP contribution in [-0.2, 0) is 11.3 Å². The van der Waals surface area contributed by atoms with Gasteiger partial charge < -0.3 is 4.74 Å². The third-order valence-corrected chi connectivity index (χ3v) is 4.51. The second-order valence-corrected chi connectivity index (χ2v) is 6.25. The zero-order valence-electron chi connectivity index (χ0n) is 14.7. The first-order valence-electron chi connectivity index (χ1n) is 8.31. The summed E-state index contributed by atoms with van der Waals surface area (Å²) in [5, 5.41) is 0. The molecule has 0 spiro atoms. The van der Waals surface area contributed by atoms with E-state index in [1.54, 1.807) is 6.92 Å². The molecular formula is C20H15N3O4. The van der Waals surface area contributed by atoms with Crippen LogP contribution < -0.4 is 0 Å². The Hall–Kier alpha value is -3.61. The molecule has 1 aromatic heterocycles. The fraction of sp³-hybridized carbons (Fsp3) is 0.150. The molecule has 0 saturated heterocycles. The molecular weight excluding hydrogens is 346 g/mol. The summed E-state index contributed by atoms with van der Waals surface area (Å²) in [5.41, 5.74) is 3.44. The molecule has 4 rings (SSSR count). The molecule has 0 aliphatic carbocycles. The number of hydrogen-bond donors (Lipinski definition) is 0. The van der Waals surface area contributed by atoms with Crippen molar-refractivity contribution in [2.24, 2.45) is 0 Å². The van der Waals surface area contributed by atoms with Crippen molar-refractivity contribution in [1.29, 1.82) is 0 Å². The molecule has 0 radical (unpaired) electrons. The van der Waals surface area contributed by atoms with Crippen LogP contribution in [0.25, 0.3) is 11.0 Å².